The first-order chi connectivity index (χ1) is 13.3. The molecule has 0 atom stereocenters. The van der Waals surface area contributed by atoms with Crippen molar-refractivity contribution in [1.82, 2.24) is 25.0 Å². The largest absolute Gasteiger partial charge is 0.355 e. The van der Waals surface area contributed by atoms with E-state index in [9.17, 15) is 8.42 Å². The molecule has 28 heavy (non-hydrogen) atoms. The van der Waals surface area contributed by atoms with Gasteiger partial charge >= 0.3 is 0 Å². The zero-order valence-corrected chi connectivity index (χ0v) is 18.7. The SMILES string of the molecule is CCCCN(CC)c1nc(C)nc2c1nnn2-c1ccc(S(C)(=O)=O)cc1Br. The van der Waals surface area contributed by atoms with Crippen molar-refractivity contribution in [3.63, 3.8) is 0 Å². The maximum Gasteiger partial charge on any atom is 0.189 e. The number of hydrogen-bond donors (Lipinski definition) is 0. The van der Waals surface area contributed by atoms with Crippen LogP contribution in [0.5, 0.6) is 0 Å². The van der Waals surface area contributed by atoms with Crippen LogP contribution in [0.3, 0.4) is 0 Å². The fourth-order valence-electron chi connectivity index (χ4n) is 2.94. The van der Waals surface area contributed by atoms with E-state index >= 15 is 0 Å². The topological polar surface area (TPSA) is 93.9 Å². The number of nitrogens with zero attached hydrogens (tertiary/aromatic N) is 6. The van der Waals surface area contributed by atoms with Crippen molar-refractivity contribution in [2.24, 2.45) is 0 Å². The van der Waals surface area contributed by atoms with Gasteiger partial charge in [0.05, 0.1) is 10.6 Å². The third kappa shape index (κ3) is 4.02. The number of unbranched alkanes of at least 4 members (excludes halogenated alkanes) is 1. The molecular formula is C18H23BrN6O2S. The molecule has 0 amide bonds. The van der Waals surface area contributed by atoms with E-state index in [1.165, 1.54) is 6.26 Å². The summed E-state index contributed by atoms with van der Waals surface area (Å²) in [5, 5.41) is 8.61. The van der Waals surface area contributed by atoms with Gasteiger partial charge in [0.25, 0.3) is 0 Å². The highest BCUT2D eigenvalue weighted by molar-refractivity contribution is 9.10. The van der Waals surface area contributed by atoms with E-state index in [2.05, 4.69) is 55.0 Å². The van der Waals surface area contributed by atoms with Crippen LogP contribution in [-0.2, 0) is 9.84 Å². The third-order valence-corrected chi connectivity index (χ3v) is 6.18. The van der Waals surface area contributed by atoms with Crippen molar-refractivity contribution >= 4 is 42.7 Å². The fraction of sp³-hybridized carbons (Fsp3) is 0.444. The van der Waals surface area contributed by atoms with Gasteiger partial charge in [0.2, 0.25) is 0 Å². The van der Waals surface area contributed by atoms with Crippen molar-refractivity contribution in [3.05, 3.63) is 28.5 Å². The fourth-order valence-corrected chi connectivity index (χ4v) is 4.29. The zero-order valence-electron chi connectivity index (χ0n) is 16.3. The molecule has 0 aliphatic rings. The number of hydrogen-bond acceptors (Lipinski definition) is 7. The Hall–Kier alpha value is -2.07. The minimum atomic E-state index is -3.30. The Kier molecular flexibility index (Phi) is 5.99. The van der Waals surface area contributed by atoms with Crippen LogP contribution >= 0.6 is 15.9 Å². The van der Waals surface area contributed by atoms with E-state index in [-0.39, 0.29) is 4.90 Å². The smallest absolute Gasteiger partial charge is 0.189 e. The van der Waals surface area contributed by atoms with Crippen LogP contribution in [0.25, 0.3) is 16.9 Å². The van der Waals surface area contributed by atoms with Gasteiger partial charge in [-0.3, -0.25) is 0 Å². The van der Waals surface area contributed by atoms with Crippen LogP contribution in [0.1, 0.15) is 32.5 Å². The van der Waals surface area contributed by atoms with Crippen LogP contribution in [0.4, 0.5) is 5.82 Å². The molecular weight excluding hydrogens is 444 g/mol. The van der Waals surface area contributed by atoms with E-state index in [1.54, 1.807) is 22.9 Å². The molecule has 2 heterocycles. The molecule has 0 aliphatic carbocycles. The summed E-state index contributed by atoms with van der Waals surface area (Å²) in [5.74, 6) is 1.40. The highest BCUT2D eigenvalue weighted by atomic mass is 79.9. The second-order valence-electron chi connectivity index (χ2n) is 6.59. The Morgan fingerprint density at radius 2 is 1.96 bits per heavy atom. The second-order valence-corrected chi connectivity index (χ2v) is 9.46. The van der Waals surface area contributed by atoms with Gasteiger partial charge in [0.15, 0.2) is 26.8 Å². The molecule has 0 saturated heterocycles. The Morgan fingerprint density at radius 3 is 2.57 bits per heavy atom. The number of fused-ring (bicyclic) bond motifs is 1. The molecule has 3 rings (SSSR count). The molecule has 0 fully saturated rings. The summed E-state index contributed by atoms with van der Waals surface area (Å²) in [4.78, 5) is 11.6. The van der Waals surface area contributed by atoms with Crippen molar-refractivity contribution in [2.45, 2.75) is 38.5 Å². The second kappa shape index (κ2) is 8.12. The molecule has 0 radical (unpaired) electrons. The zero-order chi connectivity index (χ0) is 20.5. The minimum absolute atomic E-state index is 0.232. The van der Waals surface area contributed by atoms with Gasteiger partial charge in [-0.25, -0.2) is 18.4 Å². The van der Waals surface area contributed by atoms with Gasteiger partial charge in [-0.2, -0.15) is 4.68 Å². The summed E-state index contributed by atoms with van der Waals surface area (Å²) in [6, 6.07) is 4.81. The standard InChI is InChI=1S/C18H23BrN6O2S/c1-5-7-10-24(6-2)17-16-18(21-12(3)20-17)25(23-22-16)15-9-8-13(11-14(15)19)28(4,26)27/h8-9,11H,5-7,10H2,1-4H3. The van der Waals surface area contributed by atoms with Gasteiger partial charge in [-0.1, -0.05) is 18.6 Å². The number of halogens is 1. The summed E-state index contributed by atoms with van der Waals surface area (Å²) < 4.78 is 25.8. The lowest BCUT2D eigenvalue weighted by molar-refractivity contribution is 0.602. The first-order valence-electron chi connectivity index (χ1n) is 9.11. The first-order valence-corrected chi connectivity index (χ1v) is 11.8. The molecule has 1 aromatic carbocycles. The summed E-state index contributed by atoms with van der Waals surface area (Å²) in [6.07, 6.45) is 3.33. The number of aromatic nitrogens is 5. The highest BCUT2D eigenvalue weighted by Crippen LogP contribution is 2.28. The molecule has 8 nitrogen and oxygen atoms in total. The van der Waals surface area contributed by atoms with Gasteiger partial charge in [0, 0.05) is 23.8 Å². The summed E-state index contributed by atoms with van der Waals surface area (Å²) in [6.45, 7) is 7.78. The van der Waals surface area contributed by atoms with Crippen molar-refractivity contribution in [3.8, 4) is 5.69 Å². The Labute approximate surface area is 173 Å². The summed E-state index contributed by atoms with van der Waals surface area (Å²) >= 11 is 3.45. The molecule has 3 aromatic rings. The van der Waals surface area contributed by atoms with Gasteiger partial charge in [0.1, 0.15) is 5.82 Å². The van der Waals surface area contributed by atoms with Crippen LogP contribution < -0.4 is 4.90 Å². The predicted octanol–water partition coefficient (Wildman–Crippen LogP) is 3.31. The maximum absolute atomic E-state index is 11.8. The number of aryl methyl sites for hydroxylation is 1. The highest BCUT2D eigenvalue weighted by Gasteiger charge is 2.20. The van der Waals surface area contributed by atoms with E-state index in [0.717, 1.165) is 31.7 Å². The third-order valence-electron chi connectivity index (χ3n) is 4.43. The summed E-state index contributed by atoms with van der Waals surface area (Å²) in [7, 11) is -3.30. The lowest BCUT2D eigenvalue weighted by atomic mass is 10.3. The Bertz CT molecular complexity index is 1110. The molecule has 2 aromatic heterocycles. The van der Waals surface area contributed by atoms with Crippen LogP contribution in [0, 0.1) is 6.92 Å². The number of benzene rings is 1. The molecule has 150 valence electrons. The van der Waals surface area contributed by atoms with Gasteiger partial charge in [-0.15, -0.1) is 5.10 Å². The maximum atomic E-state index is 11.8. The molecule has 10 heteroatoms. The van der Waals surface area contributed by atoms with Gasteiger partial charge < -0.3 is 4.90 Å². The van der Waals surface area contributed by atoms with E-state index in [1.807, 2.05) is 6.92 Å². The number of rotatable bonds is 7. The molecule has 0 saturated carbocycles. The normalized spacial score (nSPS) is 11.9. The van der Waals surface area contributed by atoms with Crippen molar-refractivity contribution < 1.29 is 8.42 Å². The first kappa shape index (κ1) is 20.7. The quantitative estimate of drug-likeness (QED) is 0.526. The van der Waals surface area contributed by atoms with Crippen LogP contribution in [0.2, 0.25) is 0 Å². The van der Waals surface area contributed by atoms with Gasteiger partial charge in [-0.05, 0) is 54.4 Å². The average Bonchev–Trinajstić information content (AvgIpc) is 3.04. The molecule has 0 bridgehead atoms. The van der Waals surface area contributed by atoms with E-state index in [4.69, 9.17) is 0 Å². The average molecular weight is 467 g/mol. The van der Waals surface area contributed by atoms with Crippen LogP contribution in [-0.4, -0.2) is 52.7 Å². The number of sulfone groups is 1. The van der Waals surface area contributed by atoms with E-state index < -0.39 is 9.84 Å². The van der Waals surface area contributed by atoms with E-state index in [0.29, 0.717) is 27.1 Å². The molecule has 0 N–H and O–H groups in total. The van der Waals surface area contributed by atoms with Crippen LogP contribution in [0.15, 0.2) is 27.6 Å². The Balaban J connectivity index is 2.15. The lowest BCUT2D eigenvalue weighted by Gasteiger charge is -2.21. The molecule has 0 unspecified atom stereocenters. The number of anilines is 1. The monoisotopic (exact) mass is 466 g/mol. The summed E-state index contributed by atoms with van der Waals surface area (Å²) in [5.41, 5.74) is 1.88. The van der Waals surface area contributed by atoms with Crippen molar-refractivity contribution in [1.29, 1.82) is 0 Å². The minimum Gasteiger partial charge on any atom is -0.355 e. The molecule has 0 aliphatic heterocycles. The molecule has 0 spiro atoms. The lowest BCUT2D eigenvalue weighted by Crippen LogP contribution is -2.25. The Morgan fingerprint density at radius 1 is 1.21 bits per heavy atom. The predicted molar refractivity (Wildman–Crippen MR) is 113 cm³/mol. The van der Waals surface area contributed by atoms with Crippen molar-refractivity contribution in [2.75, 3.05) is 24.2 Å².